The summed E-state index contributed by atoms with van der Waals surface area (Å²) in [6.07, 6.45) is 5.73. The molecule has 39 heavy (non-hydrogen) atoms. The molecule has 0 spiro atoms. The van der Waals surface area contributed by atoms with Gasteiger partial charge in [0.15, 0.2) is 0 Å². The quantitative estimate of drug-likeness (QED) is 0.314. The summed E-state index contributed by atoms with van der Waals surface area (Å²) in [6, 6.07) is 8.81. The van der Waals surface area contributed by atoms with Crippen LogP contribution in [0, 0.1) is 6.92 Å². The first kappa shape index (κ1) is 24.4. The Morgan fingerprint density at radius 3 is 2.69 bits per heavy atom. The van der Waals surface area contributed by atoms with Crippen LogP contribution in [0.3, 0.4) is 0 Å². The molecule has 0 saturated heterocycles. The van der Waals surface area contributed by atoms with Crippen LogP contribution in [0.1, 0.15) is 40.7 Å². The van der Waals surface area contributed by atoms with E-state index in [1.165, 1.54) is 10.9 Å². The molecule has 4 aromatic heterocycles. The molecule has 5 aromatic rings. The maximum atomic E-state index is 13.3. The lowest BCUT2D eigenvalue weighted by Gasteiger charge is -2.31. The summed E-state index contributed by atoms with van der Waals surface area (Å²) in [5, 5.41) is 19.9. The number of carboxylic acids is 1. The van der Waals surface area contributed by atoms with Gasteiger partial charge in [-0.2, -0.15) is 10.1 Å². The fourth-order valence-corrected chi connectivity index (χ4v) is 4.49. The summed E-state index contributed by atoms with van der Waals surface area (Å²) in [6.45, 7) is 1.57. The second-order valence-corrected chi connectivity index (χ2v) is 9.51. The van der Waals surface area contributed by atoms with Gasteiger partial charge in [0.05, 0.1) is 12.4 Å². The molecule has 1 fully saturated rings. The highest BCUT2D eigenvalue weighted by molar-refractivity contribution is 6.04. The molecule has 0 unspecified atom stereocenters. The van der Waals surface area contributed by atoms with Crippen LogP contribution in [0.25, 0.3) is 28.2 Å². The van der Waals surface area contributed by atoms with Crippen LogP contribution in [0.4, 0.5) is 14.5 Å². The smallest absolute Gasteiger partial charge is 0.325 e. The number of nitrogens with zero attached hydrogens (tertiary/aromatic N) is 6. The molecular formula is C26H21F2N7O4. The van der Waals surface area contributed by atoms with E-state index in [-0.39, 0.29) is 36.8 Å². The molecule has 4 heterocycles. The van der Waals surface area contributed by atoms with E-state index in [4.69, 9.17) is 9.63 Å². The zero-order chi connectivity index (χ0) is 27.3. The Kier molecular flexibility index (Phi) is 5.70. The summed E-state index contributed by atoms with van der Waals surface area (Å²) < 4.78 is 34.6. The van der Waals surface area contributed by atoms with Gasteiger partial charge < -0.3 is 14.9 Å². The summed E-state index contributed by atoms with van der Waals surface area (Å²) in [5.74, 6) is -4.14. The first-order valence-corrected chi connectivity index (χ1v) is 12.0. The number of anilines is 1. The van der Waals surface area contributed by atoms with Crippen molar-refractivity contribution in [2.45, 2.75) is 38.2 Å². The third kappa shape index (κ3) is 4.74. The zero-order valence-electron chi connectivity index (χ0n) is 20.5. The number of benzene rings is 1. The topological polar surface area (TPSA) is 140 Å². The number of imidazole rings is 1. The molecule has 1 saturated carbocycles. The predicted molar refractivity (Wildman–Crippen MR) is 133 cm³/mol. The molecule has 0 bridgehead atoms. The predicted octanol–water partition coefficient (Wildman–Crippen LogP) is 4.41. The van der Waals surface area contributed by atoms with E-state index in [1.807, 2.05) is 13.0 Å². The number of halogens is 2. The highest BCUT2D eigenvalue weighted by Crippen LogP contribution is 2.48. The third-order valence-corrected chi connectivity index (χ3v) is 6.63. The number of hydrogen-bond acceptors (Lipinski definition) is 7. The van der Waals surface area contributed by atoms with Crippen molar-refractivity contribution in [3.8, 4) is 22.5 Å². The number of pyridine rings is 1. The third-order valence-electron chi connectivity index (χ3n) is 6.63. The zero-order valence-corrected chi connectivity index (χ0v) is 20.5. The summed E-state index contributed by atoms with van der Waals surface area (Å²) in [5.41, 5.74) is 4.11. The molecule has 1 aromatic carbocycles. The Labute approximate surface area is 219 Å². The number of alkyl halides is 2. The van der Waals surface area contributed by atoms with E-state index < -0.39 is 23.7 Å². The Balaban J connectivity index is 1.24. The lowest BCUT2D eigenvalue weighted by atomic mass is 9.81. The van der Waals surface area contributed by atoms with Gasteiger partial charge in [-0.25, -0.2) is 13.8 Å². The van der Waals surface area contributed by atoms with Gasteiger partial charge in [-0.1, -0.05) is 17.3 Å². The summed E-state index contributed by atoms with van der Waals surface area (Å²) in [4.78, 5) is 32.8. The van der Waals surface area contributed by atoms with Crippen molar-refractivity contribution >= 4 is 23.2 Å². The minimum absolute atomic E-state index is 0.178. The number of nitrogens with one attached hydrogen (secondary N) is 1. The molecule has 0 atom stereocenters. The van der Waals surface area contributed by atoms with Crippen LogP contribution >= 0.6 is 0 Å². The van der Waals surface area contributed by atoms with E-state index in [2.05, 4.69) is 25.5 Å². The number of aliphatic carboxylic acids is 1. The molecule has 13 heteroatoms. The van der Waals surface area contributed by atoms with Gasteiger partial charge in [0.25, 0.3) is 5.91 Å². The van der Waals surface area contributed by atoms with E-state index in [0.717, 1.165) is 11.1 Å². The van der Waals surface area contributed by atoms with Crippen LogP contribution in [-0.2, 0) is 11.3 Å². The molecule has 0 radical (unpaired) electrons. The standard InChI is InChI=1S/C26H21F2N7O4/c1-14-2-3-15(23-32-25(39-33-23)17-7-26(27,28)8-17)6-19(14)31-24(38)20-10-29-21-5-4-16(12-35(20)21)18-9-30-34(11-18)13-22(36)37/h2-6,9-12,17H,7-8,13H2,1H3,(H,31,38)(H,36,37). The monoisotopic (exact) mass is 533 g/mol. The van der Waals surface area contributed by atoms with Crippen LogP contribution in [0.15, 0.2) is 59.6 Å². The average Bonchev–Trinajstić information content (AvgIpc) is 3.63. The van der Waals surface area contributed by atoms with E-state index in [0.29, 0.717) is 22.5 Å². The minimum atomic E-state index is -2.69. The molecule has 1 aliphatic rings. The fourth-order valence-electron chi connectivity index (χ4n) is 4.49. The molecule has 1 amide bonds. The van der Waals surface area contributed by atoms with Gasteiger partial charge in [-0.3, -0.25) is 18.7 Å². The molecule has 0 aliphatic heterocycles. The number of aryl methyl sites for hydroxylation is 1. The number of carbonyl (C=O) groups excluding carboxylic acids is 1. The lowest BCUT2D eigenvalue weighted by Crippen LogP contribution is -2.33. The van der Waals surface area contributed by atoms with Crippen molar-refractivity contribution in [3.63, 3.8) is 0 Å². The van der Waals surface area contributed by atoms with Crippen molar-refractivity contribution in [1.29, 1.82) is 0 Å². The Morgan fingerprint density at radius 2 is 1.92 bits per heavy atom. The van der Waals surface area contributed by atoms with Gasteiger partial charge in [0, 0.05) is 53.5 Å². The Morgan fingerprint density at radius 1 is 1.13 bits per heavy atom. The number of carbonyl (C=O) groups is 2. The first-order valence-electron chi connectivity index (χ1n) is 12.0. The van der Waals surface area contributed by atoms with Crippen molar-refractivity contribution in [2.24, 2.45) is 0 Å². The molecule has 2 N–H and O–H groups in total. The van der Waals surface area contributed by atoms with Crippen molar-refractivity contribution in [3.05, 3.63) is 72.3 Å². The van der Waals surface area contributed by atoms with Crippen LogP contribution < -0.4 is 5.32 Å². The lowest BCUT2D eigenvalue weighted by molar-refractivity contribution is -0.137. The second-order valence-electron chi connectivity index (χ2n) is 9.51. The molecule has 11 nitrogen and oxygen atoms in total. The number of rotatable bonds is 7. The van der Waals surface area contributed by atoms with Gasteiger partial charge in [-0.05, 0) is 30.7 Å². The second kappa shape index (κ2) is 9.11. The normalized spacial score (nSPS) is 14.8. The maximum Gasteiger partial charge on any atom is 0.325 e. The number of hydrogen-bond donors (Lipinski definition) is 2. The minimum Gasteiger partial charge on any atom is -0.480 e. The van der Waals surface area contributed by atoms with Gasteiger partial charge in [0.2, 0.25) is 17.6 Å². The highest BCUT2D eigenvalue weighted by Gasteiger charge is 2.48. The van der Waals surface area contributed by atoms with Gasteiger partial charge >= 0.3 is 5.97 Å². The number of carboxylic acid groups (broad SMARTS) is 1. The molecule has 1 aliphatic carbocycles. The largest absolute Gasteiger partial charge is 0.480 e. The van der Waals surface area contributed by atoms with Gasteiger partial charge in [-0.15, -0.1) is 0 Å². The SMILES string of the molecule is Cc1ccc(-c2noc(C3CC(F)(F)C3)n2)cc1NC(=O)c1cnc2ccc(-c3cnn(CC(=O)O)c3)cn12. The van der Waals surface area contributed by atoms with Crippen LogP contribution in [0.2, 0.25) is 0 Å². The first-order chi connectivity index (χ1) is 18.6. The maximum absolute atomic E-state index is 13.3. The van der Waals surface area contributed by atoms with Crippen molar-refractivity contribution < 1.29 is 28.0 Å². The fraction of sp³-hybridized carbons (Fsp3) is 0.231. The number of amides is 1. The average molecular weight is 533 g/mol. The van der Waals surface area contributed by atoms with Crippen LogP contribution in [0.5, 0.6) is 0 Å². The Bertz CT molecular complexity index is 1730. The van der Waals surface area contributed by atoms with E-state index in [1.54, 1.807) is 47.3 Å². The highest BCUT2D eigenvalue weighted by atomic mass is 19.3. The summed E-state index contributed by atoms with van der Waals surface area (Å²) >= 11 is 0. The van der Waals surface area contributed by atoms with Gasteiger partial charge in [0.1, 0.15) is 17.9 Å². The van der Waals surface area contributed by atoms with Crippen molar-refractivity contribution in [2.75, 3.05) is 5.32 Å². The van der Waals surface area contributed by atoms with E-state index >= 15 is 0 Å². The van der Waals surface area contributed by atoms with Crippen LogP contribution in [-0.4, -0.2) is 52.2 Å². The number of aromatic nitrogens is 6. The molecular weight excluding hydrogens is 512 g/mol. The van der Waals surface area contributed by atoms with E-state index in [9.17, 15) is 18.4 Å². The summed E-state index contributed by atoms with van der Waals surface area (Å²) in [7, 11) is 0. The molecule has 6 rings (SSSR count). The number of fused-ring (bicyclic) bond motifs is 1. The Hall–Kier alpha value is -4.94. The molecule has 198 valence electrons. The van der Waals surface area contributed by atoms with Crippen molar-refractivity contribution in [1.82, 2.24) is 29.3 Å².